The van der Waals surface area contributed by atoms with E-state index in [-0.39, 0.29) is 22.7 Å². The average Bonchev–Trinajstić information content (AvgIpc) is 3.32. The number of rotatable bonds is 7. The van der Waals surface area contributed by atoms with E-state index in [0.717, 1.165) is 35.9 Å². The maximum Gasteiger partial charge on any atom is 0.277 e. The number of thioether (sulfide) groups is 1. The Labute approximate surface area is 201 Å². The molecule has 7 nitrogen and oxygen atoms in total. The summed E-state index contributed by atoms with van der Waals surface area (Å²) in [6.45, 7) is 0. The molecule has 2 aromatic carbocycles. The van der Waals surface area contributed by atoms with Gasteiger partial charge in [0.15, 0.2) is 5.78 Å². The van der Waals surface area contributed by atoms with Gasteiger partial charge < -0.3 is 14.1 Å². The number of likely N-dealkylation sites (N-methyl/N-ethyl adjacent to an activating group) is 1. The Kier molecular flexibility index (Phi) is 7.05. The SMILES string of the molecule is COc1ccc(-c2nnc(SCC(=O)N(C)C3(c4ccccc4Cl)CCCCC3=O)o2)cc1. The van der Waals surface area contributed by atoms with E-state index in [4.69, 9.17) is 20.8 Å². The summed E-state index contributed by atoms with van der Waals surface area (Å²) >= 11 is 7.62. The Balaban J connectivity index is 1.50. The number of ether oxygens (including phenoxy) is 1. The number of Topliss-reactive ketones (excluding diaryl/α,β-unsaturated/α-hetero) is 1. The summed E-state index contributed by atoms with van der Waals surface area (Å²) in [5.41, 5.74) is 0.373. The molecule has 1 atom stereocenters. The fourth-order valence-electron chi connectivity index (χ4n) is 4.18. The molecule has 0 saturated heterocycles. The van der Waals surface area contributed by atoms with Crippen LogP contribution >= 0.6 is 23.4 Å². The molecule has 1 amide bonds. The molecule has 1 unspecified atom stereocenters. The van der Waals surface area contributed by atoms with Gasteiger partial charge in [-0.25, -0.2) is 0 Å². The third-order valence-corrected chi connectivity index (χ3v) is 7.12. The Hall–Kier alpha value is -2.84. The number of benzene rings is 2. The molecule has 33 heavy (non-hydrogen) atoms. The Bertz CT molecular complexity index is 1150. The number of hydrogen-bond donors (Lipinski definition) is 0. The van der Waals surface area contributed by atoms with Gasteiger partial charge in [-0.05, 0) is 49.6 Å². The highest BCUT2D eigenvalue weighted by molar-refractivity contribution is 7.99. The van der Waals surface area contributed by atoms with E-state index in [0.29, 0.717) is 29.3 Å². The molecule has 1 aliphatic rings. The van der Waals surface area contributed by atoms with Gasteiger partial charge in [0.25, 0.3) is 5.22 Å². The molecule has 0 spiro atoms. The quantitative estimate of drug-likeness (QED) is 0.436. The highest BCUT2D eigenvalue weighted by Crippen LogP contribution is 2.42. The zero-order valence-corrected chi connectivity index (χ0v) is 20.0. The molecule has 0 bridgehead atoms. The van der Waals surface area contributed by atoms with Crippen LogP contribution in [0.25, 0.3) is 11.5 Å². The lowest BCUT2D eigenvalue weighted by molar-refractivity contribution is -0.146. The van der Waals surface area contributed by atoms with Crippen molar-refractivity contribution in [3.63, 3.8) is 0 Å². The lowest BCUT2D eigenvalue weighted by Gasteiger charge is -2.44. The van der Waals surface area contributed by atoms with Gasteiger partial charge in [0.05, 0.1) is 12.9 Å². The molecular weight excluding hydrogens is 462 g/mol. The van der Waals surface area contributed by atoms with Crippen LogP contribution in [0.1, 0.15) is 31.2 Å². The summed E-state index contributed by atoms with van der Waals surface area (Å²) in [6, 6.07) is 14.5. The topological polar surface area (TPSA) is 85.5 Å². The summed E-state index contributed by atoms with van der Waals surface area (Å²) in [5.74, 6) is 0.948. The number of methoxy groups -OCH3 is 1. The summed E-state index contributed by atoms with van der Waals surface area (Å²) in [5, 5.41) is 8.87. The minimum Gasteiger partial charge on any atom is -0.497 e. The normalized spacial score (nSPS) is 18.2. The number of carbonyl (C=O) groups is 2. The number of halogens is 1. The van der Waals surface area contributed by atoms with Gasteiger partial charge in [0.1, 0.15) is 11.3 Å². The molecule has 172 valence electrons. The number of ketones is 1. The van der Waals surface area contributed by atoms with Crippen molar-refractivity contribution >= 4 is 35.1 Å². The zero-order valence-electron chi connectivity index (χ0n) is 18.4. The molecular formula is C24H24ClN3O4S. The van der Waals surface area contributed by atoms with Crippen molar-refractivity contribution in [2.75, 3.05) is 19.9 Å². The lowest BCUT2D eigenvalue weighted by atomic mass is 9.74. The second-order valence-electron chi connectivity index (χ2n) is 7.81. The molecule has 4 rings (SSSR count). The highest BCUT2D eigenvalue weighted by atomic mass is 35.5. The predicted molar refractivity (Wildman–Crippen MR) is 126 cm³/mol. The smallest absolute Gasteiger partial charge is 0.277 e. The summed E-state index contributed by atoms with van der Waals surface area (Å²) in [4.78, 5) is 27.9. The van der Waals surface area contributed by atoms with Crippen molar-refractivity contribution in [2.24, 2.45) is 0 Å². The van der Waals surface area contributed by atoms with E-state index < -0.39 is 5.54 Å². The third-order valence-electron chi connectivity index (χ3n) is 5.98. The van der Waals surface area contributed by atoms with Crippen LogP contribution in [0.4, 0.5) is 0 Å². The van der Waals surface area contributed by atoms with Crippen molar-refractivity contribution in [3.8, 4) is 17.2 Å². The van der Waals surface area contributed by atoms with Crippen LogP contribution in [0.15, 0.2) is 58.2 Å². The van der Waals surface area contributed by atoms with E-state index in [2.05, 4.69) is 10.2 Å². The van der Waals surface area contributed by atoms with E-state index in [1.54, 1.807) is 37.3 Å². The number of carbonyl (C=O) groups excluding carboxylic acids is 2. The molecule has 9 heteroatoms. The predicted octanol–water partition coefficient (Wildman–Crippen LogP) is 4.99. The van der Waals surface area contributed by atoms with Crippen LogP contribution in [-0.2, 0) is 15.1 Å². The van der Waals surface area contributed by atoms with Gasteiger partial charge in [-0.3, -0.25) is 9.59 Å². The maximum absolute atomic E-state index is 13.2. The molecule has 0 radical (unpaired) electrons. The van der Waals surface area contributed by atoms with E-state index in [1.165, 1.54) is 0 Å². The van der Waals surface area contributed by atoms with Gasteiger partial charge in [-0.15, -0.1) is 10.2 Å². The Morgan fingerprint density at radius 1 is 1.18 bits per heavy atom. The fourth-order valence-corrected chi connectivity index (χ4v) is 5.15. The van der Waals surface area contributed by atoms with Crippen molar-refractivity contribution in [1.82, 2.24) is 15.1 Å². The Morgan fingerprint density at radius 2 is 1.94 bits per heavy atom. The number of nitrogens with zero attached hydrogens (tertiary/aromatic N) is 3. The van der Waals surface area contributed by atoms with Crippen molar-refractivity contribution in [2.45, 2.75) is 36.4 Å². The maximum atomic E-state index is 13.2. The number of aromatic nitrogens is 2. The number of amides is 1. The fraction of sp³-hybridized carbons (Fsp3) is 0.333. The molecule has 1 aliphatic carbocycles. The molecule has 1 aromatic heterocycles. The van der Waals surface area contributed by atoms with Crippen LogP contribution in [0.5, 0.6) is 5.75 Å². The molecule has 0 aliphatic heterocycles. The number of hydrogen-bond acceptors (Lipinski definition) is 7. The molecule has 1 saturated carbocycles. The first-order valence-corrected chi connectivity index (χ1v) is 12.0. The first-order chi connectivity index (χ1) is 16.0. The molecule has 3 aromatic rings. The van der Waals surface area contributed by atoms with Crippen molar-refractivity contribution in [1.29, 1.82) is 0 Å². The lowest BCUT2D eigenvalue weighted by Crippen LogP contribution is -2.54. The van der Waals surface area contributed by atoms with Gasteiger partial charge in [0, 0.05) is 29.6 Å². The first kappa shape index (κ1) is 23.3. The van der Waals surface area contributed by atoms with Crippen LogP contribution in [0, 0.1) is 0 Å². The van der Waals surface area contributed by atoms with Gasteiger partial charge in [-0.2, -0.15) is 0 Å². The van der Waals surface area contributed by atoms with Crippen LogP contribution in [0.2, 0.25) is 5.02 Å². The third kappa shape index (κ3) is 4.63. The Morgan fingerprint density at radius 3 is 2.64 bits per heavy atom. The molecule has 1 heterocycles. The van der Waals surface area contributed by atoms with E-state index >= 15 is 0 Å². The van der Waals surface area contributed by atoms with Gasteiger partial charge in [0.2, 0.25) is 11.8 Å². The second-order valence-corrected chi connectivity index (χ2v) is 9.15. The van der Waals surface area contributed by atoms with E-state index in [1.807, 2.05) is 30.3 Å². The minimum absolute atomic E-state index is 0.0160. The summed E-state index contributed by atoms with van der Waals surface area (Å²) < 4.78 is 10.9. The monoisotopic (exact) mass is 485 g/mol. The minimum atomic E-state index is -1.06. The van der Waals surface area contributed by atoms with Crippen LogP contribution in [-0.4, -0.2) is 46.7 Å². The average molecular weight is 486 g/mol. The first-order valence-electron chi connectivity index (χ1n) is 10.6. The standard InChI is InChI=1S/C24H24ClN3O4S/c1-28(24(14-6-5-9-20(24)29)18-7-3-4-8-19(18)25)21(30)15-33-23-27-26-22(32-23)16-10-12-17(31-2)13-11-16/h3-4,7-8,10-13H,5-6,9,14-15H2,1-2H3. The zero-order chi connectivity index (χ0) is 23.4. The highest BCUT2D eigenvalue weighted by Gasteiger charge is 2.47. The largest absolute Gasteiger partial charge is 0.497 e. The van der Waals surface area contributed by atoms with Crippen molar-refractivity contribution < 1.29 is 18.7 Å². The summed E-state index contributed by atoms with van der Waals surface area (Å²) in [6.07, 6.45) is 2.63. The van der Waals surface area contributed by atoms with Gasteiger partial charge in [-0.1, -0.05) is 41.6 Å². The second kappa shape index (κ2) is 9.97. The molecule has 1 fully saturated rings. The van der Waals surface area contributed by atoms with Crippen LogP contribution in [0.3, 0.4) is 0 Å². The summed E-state index contributed by atoms with van der Waals surface area (Å²) in [7, 11) is 3.27. The van der Waals surface area contributed by atoms with Crippen LogP contribution < -0.4 is 4.74 Å². The van der Waals surface area contributed by atoms with Crippen molar-refractivity contribution in [3.05, 3.63) is 59.1 Å². The molecule has 0 N–H and O–H groups in total. The van der Waals surface area contributed by atoms with Gasteiger partial charge >= 0.3 is 0 Å². The van der Waals surface area contributed by atoms with E-state index in [9.17, 15) is 9.59 Å².